The minimum Gasteiger partial charge on any atom is -0.473 e. The van der Waals surface area contributed by atoms with Crippen LogP contribution in [0, 0.1) is 13.8 Å². The van der Waals surface area contributed by atoms with Crippen LogP contribution in [0.5, 0.6) is 5.75 Å². The summed E-state index contributed by atoms with van der Waals surface area (Å²) >= 11 is 0. The van der Waals surface area contributed by atoms with E-state index in [2.05, 4.69) is 10.6 Å². The standard InChI is InChI=1S/C17H25N3O3/c1-13-6-3-7-15(14(13)2)23-12-19-17(22)18-9-5-11-20-10-4-8-16(20)21/h3,6-7H,4-5,8-12H2,1-2H3,(H2,18,19,22). The van der Waals surface area contributed by atoms with Gasteiger partial charge < -0.3 is 20.3 Å². The Kier molecular flexibility index (Phi) is 6.26. The van der Waals surface area contributed by atoms with Crippen LogP contribution in [0.25, 0.3) is 0 Å². The van der Waals surface area contributed by atoms with Gasteiger partial charge in [0.1, 0.15) is 5.75 Å². The van der Waals surface area contributed by atoms with Crippen molar-refractivity contribution in [2.75, 3.05) is 26.4 Å². The van der Waals surface area contributed by atoms with Crippen molar-refractivity contribution in [1.82, 2.24) is 15.5 Å². The van der Waals surface area contributed by atoms with Gasteiger partial charge in [-0.3, -0.25) is 4.79 Å². The SMILES string of the molecule is Cc1cccc(OCNC(=O)NCCCN2CCCC2=O)c1C. The molecule has 6 nitrogen and oxygen atoms in total. The predicted octanol–water partition coefficient (Wildman–Crippen LogP) is 1.95. The number of urea groups is 1. The molecule has 0 bridgehead atoms. The topological polar surface area (TPSA) is 70.7 Å². The third kappa shape index (κ3) is 5.16. The molecule has 126 valence electrons. The van der Waals surface area contributed by atoms with E-state index in [0.717, 1.165) is 36.3 Å². The van der Waals surface area contributed by atoms with Crippen LogP contribution >= 0.6 is 0 Å². The normalized spacial score (nSPS) is 14.0. The fourth-order valence-electron chi connectivity index (χ4n) is 2.53. The molecule has 1 aliphatic heterocycles. The lowest BCUT2D eigenvalue weighted by Gasteiger charge is -2.15. The van der Waals surface area contributed by atoms with Gasteiger partial charge >= 0.3 is 6.03 Å². The summed E-state index contributed by atoms with van der Waals surface area (Å²) in [5, 5.41) is 5.43. The van der Waals surface area contributed by atoms with Crippen molar-refractivity contribution in [1.29, 1.82) is 0 Å². The van der Waals surface area contributed by atoms with Gasteiger partial charge in [0.25, 0.3) is 0 Å². The highest BCUT2D eigenvalue weighted by atomic mass is 16.5. The van der Waals surface area contributed by atoms with Crippen molar-refractivity contribution >= 4 is 11.9 Å². The van der Waals surface area contributed by atoms with E-state index in [9.17, 15) is 9.59 Å². The molecule has 6 heteroatoms. The molecule has 1 heterocycles. The van der Waals surface area contributed by atoms with Crippen molar-refractivity contribution in [2.45, 2.75) is 33.1 Å². The number of hydrogen-bond donors (Lipinski definition) is 2. The first-order valence-corrected chi connectivity index (χ1v) is 8.06. The molecule has 2 N–H and O–H groups in total. The Balaban J connectivity index is 1.58. The average Bonchev–Trinajstić information content (AvgIpc) is 2.93. The molecule has 3 amide bonds. The van der Waals surface area contributed by atoms with Crippen LogP contribution in [0.3, 0.4) is 0 Å². The van der Waals surface area contributed by atoms with Crippen LogP contribution in [0.2, 0.25) is 0 Å². The lowest BCUT2D eigenvalue weighted by atomic mass is 10.1. The van der Waals surface area contributed by atoms with E-state index in [1.807, 2.05) is 36.9 Å². The van der Waals surface area contributed by atoms with Gasteiger partial charge in [-0.25, -0.2) is 4.79 Å². The largest absolute Gasteiger partial charge is 0.473 e. The molecule has 0 radical (unpaired) electrons. The predicted molar refractivity (Wildman–Crippen MR) is 88.4 cm³/mol. The molecule has 0 aromatic heterocycles. The van der Waals surface area contributed by atoms with Gasteiger partial charge in [0, 0.05) is 26.1 Å². The molecule has 0 aliphatic carbocycles. The monoisotopic (exact) mass is 319 g/mol. The molecule has 1 saturated heterocycles. The van der Waals surface area contributed by atoms with Gasteiger partial charge in [-0.2, -0.15) is 0 Å². The minimum atomic E-state index is -0.261. The summed E-state index contributed by atoms with van der Waals surface area (Å²) in [5.74, 6) is 0.995. The van der Waals surface area contributed by atoms with Crippen LogP contribution in [0.4, 0.5) is 4.79 Å². The molecular formula is C17H25N3O3. The molecule has 1 aliphatic rings. The maximum atomic E-state index is 11.7. The maximum absolute atomic E-state index is 11.7. The number of hydrogen-bond acceptors (Lipinski definition) is 3. The van der Waals surface area contributed by atoms with E-state index in [0.29, 0.717) is 19.5 Å². The number of rotatable bonds is 7. The van der Waals surface area contributed by atoms with Gasteiger partial charge in [0.15, 0.2) is 6.73 Å². The van der Waals surface area contributed by atoms with Crippen molar-refractivity contribution in [3.05, 3.63) is 29.3 Å². The summed E-state index contributed by atoms with van der Waals surface area (Å²) in [7, 11) is 0. The second-order valence-electron chi connectivity index (χ2n) is 5.76. The van der Waals surface area contributed by atoms with Crippen LogP contribution < -0.4 is 15.4 Å². The summed E-state index contributed by atoms with van der Waals surface area (Å²) < 4.78 is 5.57. The van der Waals surface area contributed by atoms with Gasteiger partial charge in [-0.05, 0) is 43.9 Å². The Morgan fingerprint density at radius 2 is 2.13 bits per heavy atom. The lowest BCUT2D eigenvalue weighted by Crippen LogP contribution is -2.39. The molecule has 0 unspecified atom stereocenters. The Morgan fingerprint density at radius 3 is 2.87 bits per heavy atom. The number of ether oxygens (including phenoxy) is 1. The van der Waals surface area contributed by atoms with E-state index in [1.165, 1.54) is 0 Å². The van der Waals surface area contributed by atoms with Crippen molar-refractivity contribution in [3.63, 3.8) is 0 Å². The number of likely N-dealkylation sites (tertiary alicyclic amines) is 1. The number of carbonyl (C=O) groups is 2. The summed E-state index contributed by atoms with van der Waals surface area (Å²) in [5.41, 5.74) is 2.23. The molecule has 1 fully saturated rings. The maximum Gasteiger partial charge on any atom is 0.317 e. The Bertz CT molecular complexity index is 560. The van der Waals surface area contributed by atoms with Gasteiger partial charge in [0.2, 0.25) is 5.91 Å². The first-order valence-electron chi connectivity index (χ1n) is 8.06. The molecule has 23 heavy (non-hydrogen) atoms. The zero-order chi connectivity index (χ0) is 16.7. The number of nitrogens with zero attached hydrogens (tertiary/aromatic N) is 1. The summed E-state index contributed by atoms with van der Waals surface area (Å²) in [6.45, 7) is 6.23. The number of aryl methyl sites for hydroxylation is 1. The molecule has 2 rings (SSSR count). The number of carbonyl (C=O) groups excluding carboxylic acids is 2. The van der Waals surface area contributed by atoms with Crippen LogP contribution in [0.15, 0.2) is 18.2 Å². The highest BCUT2D eigenvalue weighted by Crippen LogP contribution is 2.19. The van der Waals surface area contributed by atoms with Crippen LogP contribution in [-0.2, 0) is 4.79 Å². The summed E-state index contributed by atoms with van der Waals surface area (Å²) in [6, 6.07) is 5.57. The third-order valence-corrected chi connectivity index (χ3v) is 4.08. The molecule has 0 atom stereocenters. The lowest BCUT2D eigenvalue weighted by molar-refractivity contribution is -0.127. The first-order chi connectivity index (χ1) is 11.1. The molecule has 0 saturated carbocycles. The number of benzene rings is 1. The molecule has 1 aromatic carbocycles. The van der Waals surface area contributed by atoms with Crippen LogP contribution in [0.1, 0.15) is 30.4 Å². The fraction of sp³-hybridized carbons (Fsp3) is 0.529. The number of amides is 3. The summed E-state index contributed by atoms with van der Waals surface area (Å²) in [4.78, 5) is 25.0. The fourth-order valence-corrected chi connectivity index (χ4v) is 2.53. The van der Waals surface area contributed by atoms with E-state index in [1.54, 1.807) is 0 Å². The van der Waals surface area contributed by atoms with Crippen molar-refractivity contribution in [3.8, 4) is 5.75 Å². The number of nitrogens with one attached hydrogen (secondary N) is 2. The van der Waals surface area contributed by atoms with E-state index in [4.69, 9.17) is 4.74 Å². The molecular weight excluding hydrogens is 294 g/mol. The molecule has 1 aromatic rings. The Labute approximate surface area is 137 Å². The third-order valence-electron chi connectivity index (χ3n) is 4.08. The molecule has 0 spiro atoms. The zero-order valence-electron chi connectivity index (χ0n) is 13.9. The van der Waals surface area contributed by atoms with E-state index in [-0.39, 0.29) is 18.7 Å². The quantitative estimate of drug-likeness (QED) is 0.596. The highest BCUT2D eigenvalue weighted by Gasteiger charge is 2.18. The first kappa shape index (κ1) is 17.1. The highest BCUT2D eigenvalue weighted by molar-refractivity contribution is 5.78. The van der Waals surface area contributed by atoms with Crippen molar-refractivity contribution < 1.29 is 14.3 Å². The van der Waals surface area contributed by atoms with E-state index < -0.39 is 0 Å². The Hall–Kier alpha value is -2.24. The van der Waals surface area contributed by atoms with Crippen LogP contribution in [-0.4, -0.2) is 43.2 Å². The van der Waals surface area contributed by atoms with E-state index >= 15 is 0 Å². The summed E-state index contributed by atoms with van der Waals surface area (Å²) in [6.07, 6.45) is 2.36. The second-order valence-corrected chi connectivity index (χ2v) is 5.76. The van der Waals surface area contributed by atoms with Gasteiger partial charge in [-0.15, -0.1) is 0 Å². The van der Waals surface area contributed by atoms with Crippen molar-refractivity contribution in [2.24, 2.45) is 0 Å². The van der Waals surface area contributed by atoms with Gasteiger partial charge in [0.05, 0.1) is 0 Å². The second kappa shape index (κ2) is 8.41. The van der Waals surface area contributed by atoms with Gasteiger partial charge in [-0.1, -0.05) is 12.1 Å². The Morgan fingerprint density at radius 1 is 1.30 bits per heavy atom. The smallest absolute Gasteiger partial charge is 0.317 e. The minimum absolute atomic E-state index is 0.126. The average molecular weight is 319 g/mol. The zero-order valence-corrected chi connectivity index (χ0v) is 13.9.